The third kappa shape index (κ3) is 7.66. The summed E-state index contributed by atoms with van der Waals surface area (Å²) in [5.41, 5.74) is 2.48. The first-order valence-electron chi connectivity index (χ1n) is 14.0. The van der Waals surface area contributed by atoms with Gasteiger partial charge in [-0.1, -0.05) is 48.3 Å². The van der Waals surface area contributed by atoms with E-state index >= 15 is 0 Å². The zero-order valence-electron chi connectivity index (χ0n) is 23.3. The molecule has 41 heavy (non-hydrogen) atoms. The normalized spacial score (nSPS) is 21.7. The lowest BCUT2D eigenvalue weighted by Crippen LogP contribution is -2.36. The third-order valence-electron chi connectivity index (χ3n) is 8.32. The predicted molar refractivity (Wildman–Crippen MR) is 143 cm³/mol. The van der Waals surface area contributed by atoms with Gasteiger partial charge in [0.05, 0.1) is 11.7 Å². The molecular weight excluding hydrogens is 541 g/mol. The summed E-state index contributed by atoms with van der Waals surface area (Å²) in [7, 11) is 0. The lowest BCUT2D eigenvalue weighted by Gasteiger charge is -2.25. The molecule has 2 unspecified atom stereocenters. The van der Waals surface area contributed by atoms with E-state index in [0.29, 0.717) is 28.9 Å². The predicted octanol–water partition coefficient (Wildman–Crippen LogP) is 4.37. The van der Waals surface area contributed by atoms with Crippen LogP contribution in [0.4, 0.5) is 13.2 Å². The van der Waals surface area contributed by atoms with E-state index in [2.05, 4.69) is 39.6 Å². The summed E-state index contributed by atoms with van der Waals surface area (Å²) in [6.07, 6.45) is 0.197. The fourth-order valence-electron chi connectivity index (χ4n) is 6.18. The summed E-state index contributed by atoms with van der Waals surface area (Å²) in [6.45, 7) is 8.20. The van der Waals surface area contributed by atoms with E-state index in [1.807, 2.05) is 17.9 Å². The third-order valence-corrected chi connectivity index (χ3v) is 8.32. The first-order chi connectivity index (χ1) is 19.4. The molecular formula is C29H37F3N4O5. The second-order valence-corrected chi connectivity index (χ2v) is 11.2. The molecule has 12 heteroatoms. The Kier molecular flexibility index (Phi) is 9.72. The van der Waals surface area contributed by atoms with E-state index in [4.69, 9.17) is 14.4 Å². The quantitative estimate of drug-likeness (QED) is 0.502. The molecule has 1 aromatic carbocycles. The molecule has 1 aromatic heterocycles. The molecule has 1 saturated carbocycles. The number of amides is 2. The summed E-state index contributed by atoms with van der Waals surface area (Å²) in [5, 5.41) is 14.4. The molecule has 224 valence electrons. The number of hydrogen-bond acceptors (Lipinski definition) is 6. The van der Waals surface area contributed by atoms with Gasteiger partial charge in [-0.25, -0.2) is 4.79 Å². The minimum absolute atomic E-state index is 0.0485. The van der Waals surface area contributed by atoms with E-state index in [1.54, 1.807) is 6.92 Å². The van der Waals surface area contributed by atoms with Crippen molar-refractivity contribution < 1.29 is 37.2 Å². The zero-order chi connectivity index (χ0) is 29.7. The maximum Gasteiger partial charge on any atom is 0.490 e. The Morgan fingerprint density at radius 3 is 2.15 bits per heavy atom. The average Bonchev–Trinajstić information content (AvgIpc) is 3.71. The zero-order valence-corrected chi connectivity index (χ0v) is 23.3. The minimum Gasteiger partial charge on any atom is -0.475 e. The van der Waals surface area contributed by atoms with Crippen molar-refractivity contribution in [1.29, 1.82) is 0 Å². The number of aliphatic carboxylic acids is 1. The van der Waals surface area contributed by atoms with Gasteiger partial charge < -0.3 is 24.7 Å². The topological polar surface area (TPSA) is 116 Å². The van der Waals surface area contributed by atoms with Crippen LogP contribution >= 0.6 is 0 Å². The van der Waals surface area contributed by atoms with Crippen LogP contribution in [0, 0.1) is 31.6 Å². The van der Waals surface area contributed by atoms with Gasteiger partial charge in [-0.2, -0.15) is 13.2 Å². The molecule has 1 aliphatic carbocycles. The maximum atomic E-state index is 13.0. The summed E-state index contributed by atoms with van der Waals surface area (Å²) in [4.78, 5) is 39.3. The Bertz CT molecular complexity index is 1180. The molecule has 5 rings (SSSR count). The van der Waals surface area contributed by atoms with Crippen LogP contribution in [0.1, 0.15) is 65.5 Å². The Morgan fingerprint density at radius 2 is 1.63 bits per heavy atom. The largest absolute Gasteiger partial charge is 0.490 e. The molecule has 9 nitrogen and oxygen atoms in total. The molecule has 0 spiro atoms. The minimum atomic E-state index is -5.08. The number of nitrogens with one attached hydrogen (secondary N) is 1. The SMILES string of the molecule is Cc1noc(C)c1C(=O)N1CC2CN(CCC(NC(=O)C3CCCC3)c3ccccc3)C[C@H]2C1.O=C(O)C(F)(F)F. The van der Waals surface area contributed by atoms with Gasteiger partial charge in [-0.05, 0) is 50.5 Å². The number of benzene rings is 1. The first-order valence-corrected chi connectivity index (χ1v) is 14.0. The standard InChI is InChI=1S/C27H36N4O3.C2HF3O2/c1-18-25(19(2)34-29-18)27(33)31-16-22-14-30(15-23(22)17-31)13-12-24(20-8-4-3-5-9-20)28-26(32)21-10-6-7-11-21;3-2(4,5)1(6)7/h3-5,8-9,21-24H,6-7,10-17H2,1-2H3,(H,28,32);(H,6,7)/t22-,23?,24?;/m0./s1. The van der Waals surface area contributed by atoms with Crippen molar-refractivity contribution in [3.05, 3.63) is 52.9 Å². The number of halogens is 3. The Labute approximate surface area is 237 Å². The molecule has 3 aliphatic rings. The number of aromatic nitrogens is 1. The number of carboxylic acid groups (broad SMARTS) is 1. The molecule has 0 bridgehead atoms. The van der Waals surface area contributed by atoms with Crippen molar-refractivity contribution in [2.75, 3.05) is 32.7 Å². The van der Waals surface area contributed by atoms with Crippen LogP contribution in [0.25, 0.3) is 0 Å². The smallest absolute Gasteiger partial charge is 0.475 e. The molecule has 2 aromatic rings. The number of hydrogen-bond donors (Lipinski definition) is 2. The monoisotopic (exact) mass is 578 g/mol. The second-order valence-electron chi connectivity index (χ2n) is 11.2. The highest BCUT2D eigenvalue weighted by atomic mass is 19.4. The Morgan fingerprint density at radius 1 is 1.05 bits per heavy atom. The molecule has 3 atom stereocenters. The van der Waals surface area contributed by atoms with E-state index in [1.165, 1.54) is 18.4 Å². The van der Waals surface area contributed by atoms with Crippen molar-refractivity contribution in [3.63, 3.8) is 0 Å². The first kappa shape index (κ1) is 30.5. The van der Waals surface area contributed by atoms with Crippen molar-refractivity contribution in [1.82, 2.24) is 20.3 Å². The molecule has 2 saturated heterocycles. The number of nitrogens with zero attached hydrogens (tertiary/aromatic N) is 3. The number of aryl methyl sites for hydroxylation is 2. The number of rotatable bonds is 7. The van der Waals surface area contributed by atoms with Gasteiger partial charge in [-0.3, -0.25) is 9.59 Å². The van der Waals surface area contributed by atoms with E-state index < -0.39 is 12.1 Å². The van der Waals surface area contributed by atoms with E-state index in [9.17, 15) is 22.8 Å². The van der Waals surface area contributed by atoms with Crippen LogP contribution < -0.4 is 5.32 Å². The van der Waals surface area contributed by atoms with Crippen molar-refractivity contribution in [3.8, 4) is 0 Å². The van der Waals surface area contributed by atoms with Crippen molar-refractivity contribution in [2.45, 2.75) is 58.2 Å². The van der Waals surface area contributed by atoms with Gasteiger partial charge in [-0.15, -0.1) is 0 Å². The highest BCUT2D eigenvalue weighted by Crippen LogP contribution is 2.33. The highest BCUT2D eigenvalue weighted by molar-refractivity contribution is 5.96. The molecule has 2 aliphatic heterocycles. The number of carbonyl (C=O) groups excluding carboxylic acids is 2. The average molecular weight is 579 g/mol. The maximum absolute atomic E-state index is 13.0. The number of carboxylic acids is 1. The lowest BCUT2D eigenvalue weighted by molar-refractivity contribution is -0.192. The fraction of sp³-hybridized carbons (Fsp3) is 0.586. The number of fused-ring (bicyclic) bond motifs is 1. The van der Waals surface area contributed by atoms with Gasteiger partial charge in [0.25, 0.3) is 5.91 Å². The molecule has 2 N–H and O–H groups in total. The summed E-state index contributed by atoms with van der Waals surface area (Å²) in [5.74, 6) is -0.687. The van der Waals surface area contributed by atoms with Gasteiger partial charge in [0, 0.05) is 38.6 Å². The van der Waals surface area contributed by atoms with Crippen LogP contribution in [-0.2, 0) is 9.59 Å². The molecule has 0 radical (unpaired) electrons. The van der Waals surface area contributed by atoms with E-state index in [0.717, 1.165) is 52.0 Å². The Hall–Kier alpha value is -3.41. The molecule has 3 fully saturated rings. The number of alkyl halides is 3. The van der Waals surface area contributed by atoms with Gasteiger partial charge in [0.1, 0.15) is 11.3 Å². The van der Waals surface area contributed by atoms with Crippen LogP contribution in [-0.4, -0.2) is 76.7 Å². The van der Waals surface area contributed by atoms with E-state index in [-0.39, 0.29) is 23.8 Å². The number of likely N-dealkylation sites (tertiary alicyclic amines) is 2. The van der Waals surface area contributed by atoms with Crippen LogP contribution in [0.5, 0.6) is 0 Å². The Balaban J connectivity index is 0.000000493. The second kappa shape index (κ2) is 13.1. The van der Waals surface area contributed by atoms with Crippen LogP contribution in [0.2, 0.25) is 0 Å². The van der Waals surface area contributed by atoms with Crippen LogP contribution in [0.15, 0.2) is 34.9 Å². The highest BCUT2D eigenvalue weighted by Gasteiger charge is 2.42. The molecule has 3 heterocycles. The van der Waals surface area contributed by atoms with Gasteiger partial charge >= 0.3 is 12.1 Å². The summed E-state index contributed by atoms with van der Waals surface area (Å²) in [6, 6.07) is 10.4. The van der Waals surface area contributed by atoms with Crippen LogP contribution in [0.3, 0.4) is 0 Å². The van der Waals surface area contributed by atoms with Gasteiger partial charge in [0.15, 0.2) is 0 Å². The number of carbonyl (C=O) groups is 3. The summed E-state index contributed by atoms with van der Waals surface area (Å²) >= 11 is 0. The van der Waals surface area contributed by atoms with Crippen molar-refractivity contribution in [2.24, 2.45) is 17.8 Å². The van der Waals surface area contributed by atoms with Gasteiger partial charge in [0.2, 0.25) is 5.91 Å². The fourth-order valence-corrected chi connectivity index (χ4v) is 6.18. The summed E-state index contributed by atoms with van der Waals surface area (Å²) < 4.78 is 36.9. The lowest BCUT2D eigenvalue weighted by atomic mass is 10.0. The van der Waals surface area contributed by atoms with Crippen molar-refractivity contribution >= 4 is 17.8 Å². The molecule has 2 amide bonds.